The molecule has 1 heteroatoms. The summed E-state index contributed by atoms with van der Waals surface area (Å²) in [5, 5.41) is 0. The van der Waals surface area contributed by atoms with Gasteiger partial charge in [0, 0.05) is 18.9 Å². The molecular weight excluding hydrogens is 196 g/mol. The van der Waals surface area contributed by atoms with Crippen LogP contribution in [-0.4, -0.2) is 12.7 Å². The smallest absolute Gasteiger partial charge is 0.0712 e. The number of rotatable bonds is 5. The number of ether oxygens (including phenoxy) is 1. The van der Waals surface area contributed by atoms with E-state index in [1.807, 2.05) is 0 Å². The van der Waals surface area contributed by atoms with Crippen molar-refractivity contribution in [1.29, 1.82) is 0 Å². The molecule has 16 heavy (non-hydrogen) atoms. The van der Waals surface area contributed by atoms with Gasteiger partial charge in [0.25, 0.3) is 0 Å². The minimum atomic E-state index is 0.419. The van der Waals surface area contributed by atoms with Crippen molar-refractivity contribution < 1.29 is 4.74 Å². The molecule has 0 aliphatic heterocycles. The molecular formula is C15H26O. The van der Waals surface area contributed by atoms with Crippen molar-refractivity contribution in [2.45, 2.75) is 71.3 Å². The number of unbranched alkanes of at least 4 members (excludes halogenated alkanes) is 2. The van der Waals surface area contributed by atoms with Gasteiger partial charge in [0.2, 0.25) is 0 Å². The summed E-state index contributed by atoms with van der Waals surface area (Å²) in [5.74, 6) is 7.28. The molecule has 0 unspecified atom stereocenters. The third kappa shape index (κ3) is 5.03. The second-order valence-electron chi connectivity index (χ2n) is 4.72. The maximum Gasteiger partial charge on any atom is 0.0712 e. The Balaban J connectivity index is 2.35. The van der Waals surface area contributed by atoms with Crippen molar-refractivity contribution in [2.24, 2.45) is 5.92 Å². The maximum atomic E-state index is 5.90. The van der Waals surface area contributed by atoms with Gasteiger partial charge in [-0.25, -0.2) is 0 Å². The molecule has 0 heterocycles. The minimum absolute atomic E-state index is 0.419. The zero-order chi connectivity index (χ0) is 11.6. The Morgan fingerprint density at radius 2 is 1.94 bits per heavy atom. The van der Waals surface area contributed by atoms with Crippen molar-refractivity contribution >= 4 is 0 Å². The van der Waals surface area contributed by atoms with Gasteiger partial charge in [-0.2, -0.15) is 0 Å². The van der Waals surface area contributed by atoms with E-state index in [1.165, 1.54) is 38.5 Å². The molecule has 1 aliphatic carbocycles. The topological polar surface area (TPSA) is 9.23 Å². The molecule has 92 valence electrons. The SMILES string of the molecule is CCCCC#C[C@@H]1CCCC[C@H]1OCCC. The molecule has 2 atom stereocenters. The third-order valence-corrected chi connectivity index (χ3v) is 3.18. The van der Waals surface area contributed by atoms with E-state index in [9.17, 15) is 0 Å². The van der Waals surface area contributed by atoms with Crippen LogP contribution in [0.1, 0.15) is 65.2 Å². The predicted molar refractivity (Wildman–Crippen MR) is 69.3 cm³/mol. The molecule has 1 rings (SSSR count). The van der Waals surface area contributed by atoms with E-state index in [2.05, 4.69) is 25.7 Å². The van der Waals surface area contributed by atoms with Crippen LogP contribution < -0.4 is 0 Å². The summed E-state index contributed by atoms with van der Waals surface area (Å²) < 4.78 is 5.90. The Hall–Kier alpha value is -0.480. The van der Waals surface area contributed by atoms with Crippen LogP contribution in [0.4, 0.5) is 0 Å². The van der Waals surface area contributed by atoms with Gasteiger partial charge in [-0.3, -0.25) is 0 Å². The largest absolute Gasteiger partial charge is 0.377 e. The maximum absolute atomic E-state index is 5.90. The van der Waals surface area contributed by atoms with Crippen molar-refractivity contribution in [2.75, 3.05) is 6.61 Å². The first-order valence-corrected chi connectivity index (χ1v) is 6.98. The first-order valence-electron chi connectivity index (χ1n) is 6.98. The molecule has 0 aromatic heterocycles. The average Bonchev–Trinajstić information content (AvgIpc) is 2.33. The summed E-state index contributed by atoms with van der Waals surface area (Å²) in [6.07, 6.45) is 10.2. The van der Waals surface area contributed by atoms with Crippen molar-refractivity contribution in [3.63, 3.8) is 0 Å². The van der Waals surface area contributed by atoms with Crippen LogP contribution in [0.25, 0.3) is 0 Å². The normalized spacial score (nSPS) is 24.9. The van der Waals surface area contributed by atoms with Crippen molar-refractivity contribution in [3.8, 4) is 11.8 Å². The summed E-state index contributed by atoms with van der Waals surface area (Å²) in [6.45, 7) is 5.29. The van der Waals surface area contributed by atoms with Gasteiger partial charge >= 0.3 is 0 Å². The molecule has 0 aromatic rings. The Bertz CT molecular complexity index is 223. The highest BCUT2D eigenvalue weighted by Gasteiger charge is 2.23. The average molecular weight is 222 g/mol. The van der Waals surface area contributed by atoms with E-state index in [-0.39, 0.29) is 0 Å². The minimum Gasteiger partial charge on any atom is -0.377 e. The second-order valence-corrected chi connectivity index (χ2v) is 4.72. The molecule has 0 bridgehead atoms. The second kappa shape index (κ2) is 8.65. The van der Waals surface area contributed by atoms with Crippen LogP contribution in [0, 0.1) is 17.8 Å². The van der Waals surface area contributed by atoms with E-state index < -0.39 is 0 Å². The lowest BCUT2D eigenvalue weighted by atomic mass is 9.86. The molecule has 1 nitrogen and oxygen atoms in total. The van der Waals surface area contributed by atoms with Gasteiger partial charge < -0.3 is 4.74 Å². The zero-order valence-corrected chi connectivity index (χ0v) is 10.9. The van der Waals surface area contributed by atoms with Crippen LogP contribution >= 0.6 is 0 Å². The van der Waals surface area contributed by atoms with Crippen LogP contribution in [-0.2, 0) is 4.74 Å². The molecule has 0 radical (unpaired) electrons. The van der Waals surface area contributed by atoms with Crippen LogP contribution in [0.15, 0.2) is 0 Å². The fourth-order valence-electron chi connectivity index (χ4n) is 2.20. The van der Waals surface area contributed by atoms with E-state index in [0.717, 1.165) is 19.4 Å². The Labute approximate surface area is 101 Å². The van der Waals surface area contributed by atoms with E-state index >= 15 is 0 Å². The third-order valence-electron chi connectivity index (χ3n) is 3.18. The van der Waals surface area contributed by atoms with E-state index in [1.54, 1.807) is 0 Å². The molecule has 0 spiro atoms. The highest BCUT2D eigenvalue weighted by atomic mass is 16.5. The number of hydrogen-bond acceptors (Lipinski definition) is 1. The Morgan fingerprint density at radius 3 is 2.69 bits per heavy atom. The molecule has 0 saturated heterocycles. The Morgan fingerprint density at radius 1 is 1.12 bits per heavy atom. The standard InChI is InChI=1S/C15H26O/c1-3-5-6-7-10-14-11-8-9-12-15(14)16-13-4-2/h14-15H,3-6,8-9,11-13H2,1-2H3/t14-,15-/m1/s1. The van der Waals surface area contributed by atoms with Crippen LogP contribution in [0.5, 0.6) is 0 Å². The van der Waals surface area contributed by atoms with Gasteiger partial charge in [-0.05, 0) is 25.7 Å². The van der Waals surface area contributed by atoms with Gasteiger partial charge in [-0.15, -0.1) is 5.92 Å². The fraction of sp³-hybridized carbons (Fsp3) is 0.867. The van der Waals surface area contributed by atoms with Crippen LogP contribution in [0.3, 0.4) is 0 Å². The summed E-state index contributed by atoms with van der Waals surface area (Å²) >= 11 is 0. The lowest BCUT2D eigenvalue weighted by Gasteiger charge is -2.27. The fourth-order valence-corrected chi connectivity index (χ4v) is 2.20. The molecule has 1 fully saturated rings. The summed E-state index contributed by atoms with van der Waals surface area (Å²) in [7, 11) is 0. The lowest BCUT2D eigenvalue weighted by Crippen LogP contribution is -2.27. The summed E-state index contributed by atoms with van der Waals surface area (Å²) in [6, 6.07) is 0. The molecule has 0 N–H and O–H groups in total. The quantitative estimate of drug-likeness (QED) is 0.501. The summed E-state index contributed by atoms with van der Waals surface area (Å²) in [5.41, 5.74) is 0. The highest BCUT2D eigenvalue weighted by molar-refractivity contribution is 5.07. The van der Waals surface area contributed by atoms with Crippen LogP contribution in [0.2, 0.25) is 0 Å². The summed E-state index contributed by atoms with van der Waals surface area (Å²) in [4.78, 5) is 0. The Kier molecular flexibility index (Phi) is 7.34. The van der Waals surface area contributed by atoms with Gasteiger partial charge in [0.15, 0.2) is 0 Å². The molecule has 0 aromatic carbocycles. The molecule has 1 saturated carbocycles. The predicted octanol–water partition coefficient (Wildman–Crippen LogP) is 4.17. The van der Waals surface area contributed by atoms with Gasteiger partial charge in [0.1, 0.15) is 0 Å². The van der Waals surface area contributed by atoms with E-state index in [4.69, 9.17) is 4.74 Å². The van der Waals surface area contributed by atoms with Crippen molar-refractivity contribution in [1.82, 2.24) is 0 Å². The first-order chi connectivity index (χ1) is 7.88. The zero-order valence-electron chi connectivity index (χ0n) is 10.9. The van der Waals surface area contributed by atoms with Gasteiger partial charge in [0.05, 0.1) is 6.10 Å². The molecule has 1 aliphatic rings. The monoisotopic (exact) mass is 222 g/mol. The highest BCUT2D eigenvalue weighted by Crippen LogP contribution is 2.26. The lowest BCUT2D eigenvalue weighted by molar-refractivity contribution is 0.00694. The van der Waals surface area contributed by atoms with Gasteiger partial charge in [-0.1, -0.05) is 39.0 Å². The van der Waals surface area contributed by atoms with E-state index in [0.29, 0.717) is 12.0 Å². The first kappa shape index (κ1) is 13.6. The molecule has 0 amide bonds. The van der Waals surface area contributed by atoms with Crippen molar-refractivity contribution in [3.05, 3.63) is 0 Å². The number of hydrogen-bond donors (Lipinski definition) is 0.